The fourth-order valence-corrected chi connectivity index (χ4v) is 4.35. The van der Waals surface area contributed by atoms with E-state index in [0.717, 1.165) is 5.56 Å². The lowest BCUT2D eigenvalue weighted by atomic mass is 9.95. The Kier molecular flexibility index (Phi) is 8.43. The number of aliphatic hydroxyl groups is 1. The summed E-state index contributed by atoms with van der Waals surface area (Å²) in [5.41, 5.74) is 1.77. The van der Waals surface area contributed by atoms with Crippen LogP contribution in [0, 0.1) is 5.82 Å². The second-order valence-electron chi connectivity index (χ2n) is 9.22. The predicted octanol–water partition coefficient (Wildman–Crippen LogP) is 4.79. The van der Waals surface area contributed by atoms with E-state index in [-0.39, 0.29) is 23.4 Å². The number of ketones is 1. The average Bonchev–Trinajstić information content (AvgIpc) is 3.17. The second kappa shape index (κ2) is 11.9. The van der Waals surface area contributed by atoms with Crippen molar-refractivity contribution in [1.29, 1.82) is 0 Å². The zero-order valence-electron chi connectivity index (χ0n) is 21.7. The van der Waals surface area contributed by atoms with Crippen molar-refractivity contribution in [1.82, 2.24) is 9.80 Å². The number of carbonyl (C=O) groups is 2. The first-order valence-corrected chi connectivity index (χ1v) is 12.4. The molecule has 7 nitrogen and oxygen atoms in total. The van der Waals surface area contributed by atoms with Gasteiger partial charge in [-0.25, -0.2) is 4.39 Å². The summed E-state index contributed by atoms with van der Waals surface area (Å²) in [6.45, 7) is 3.34. The Morgan fingerprint density at radius 1 is 0.974 bits per heavy atom. The van der Waals surface area contributed by atoms with Gasteiger partial charge >= 0.3 is 0 Å². The molecule has 8 heteroatoms. The van der Waals surface area contributed by atoms with Crippen LogP contribution in [0.2, 0.25) is 0 Å². The molecule has 1 amide bonds. The van der Waals surface area contributed by atoms with Crippen molar-refractivity contribution in [3.8, 4) is 11.5 Å². The molecule has 1 atom stereocenters. The summed E-state index contributed by atoms with van der Waals surface area (Å²) in [5, 5.41) is 11.2. The number of amides is 1. The van der Waals surface area contributed by atoms with Gasteiger partial charge < -0.3 is 24.4 Å². The maximum absolute atomic E-state index is 13.5. The van der Waals surface area contributed by atoms with Crippen molar-refractivity contribution in [2.75, 3.05) is 33.8 Å². The van der Waals surface area contributed by atoms with Crippen molar-refractivity contribution in [2.24, 2.45) is 0 Å². The molecule has 1 unspecified atom stereocenters. The Labute approximate surface area is 221 Å². The molecule has 0 saturated carbocycles. The number of aliphatic hydroxyl groups excluding tert-OH is 1. The lowest BCUT2D eigenvalue weighted by Gasteiger charge is -2.27. The van der Waals surface area contributed by atoms with Crippen LogP contribution in [0.1, 0.15) is 29.7 Å². The molecular formula is C30H31FN2O5. The number of benzene rings is 3. The van der Waals surface area contributed by atoms with Crippen molar-refractivity contribution in [3.05, 3.63) is 101 Å². The Morgan fingerprint density at radius 2 is 1.68 bits per heavy atom. The van der Waals surface area contributed by atoms with E-state index < -0.39 is 23.5 Å². The van der Waals surface area contributed by atoms with Gasteiger partial charge in [0.1, 0.15) is 18.2 Å². The highest BCUT2D eigenvalue weighted by Gasteiger charge is 2.46. The molecule has 0 aliphatic carbocycles. The van der Waals surface area contributed by atoms with E-state index in [0.29, 0.717) is 36.8 Å². The Bertz CT molecular complexity index is 1320. The number of nitrogens with zero attached hydrogens (tertiary/aromatic N) is 2. The number of halogens is 1. The van der Waals surface area contributed by atoms with E-state index in [9.17, 15) is 19.1 Å². The summed E-state index contributed by atoms with van der Waals surface area (Å²) >= 11 is 0. The zero-order chi connectivity index (χ0) is 27.2. The summed E-state index contributed by atoms with van der Waals surface area (Å²) in [7, 11) is 3.74. The van der Waals surface area contributed by atoms with Crippen LogP contribution in [0.5, 0.6) is 11.5 Å². The van der Waals surface area contributed by atoms with Gasteiger partial charge in [-0.2, -0.15) is 0 Å². The normalized spacial score (nSPS) is 16.8. The highest BCUT2D eigenvalue weighted by atomic mass is 19.1. The molecule has 0 spiro atoms. The summed E-state index contributed by atoms with van der Waals surface area (Å²) < 4.78 is 25.4. The molecular weight excluding hydrogens is 487 g/mol. The molecule has 38 heavy (non-hydrogen) atoms. The lowest BCUT2D eigenvalue weighted by Crippen LogP contribution is -2.35. The van der Waals surface area contributed by atoms with Gasteiger partial charge in [0.2, 0.25) is 0 Å². The molecule has 1 fully saturated rings. The minimum absolute atomic E-state index is 0.0548. The Hall–Kier alpha value is -4.17. The van der Waals surface area contributed by atoms with Crippen LogP contribution in [0.3, 0.4) is 0 Å². The van der Waals surface area contributed by atoms with Crippen LogP contribution in [-0.4, -0.2) is 60.4 Å². The largest absolute Gasteiger partial charge is 0.507 e. The molecule has 1 aliphatic rings. The van der Waals surface area contributed by atoms with Gasteiger partial charge in [0.05, 0.1) is 18.2 Å². The van der Waals surface area contributed by atoms with Gasteiger partial charge in [0.15, 0.2) is 11.5 Å². The van der Waals surface area contributed by atoms with Gasteiger partial charge in [-0.05, 0) is 68.5 Å². The number of hydrogen-bond donors (Lipinski definition) is 1. The fourth-order valence-electron chi connectivity index (χ4n) is 4.35. The molecule has 0 bridgehead atoms. The van der Waals surface area contributed by atoms with E-state index in [4.69, 9.17) is 9.47 Å². The van der Waals surface area contributed by atoms with Gasteiger partial charge in [0.25, 0.3) is 11.7 Å². The van der Waals surface area contributed by atoms with E-state index >= 15 is 0 Å². The van der Waals surface area contributed by atoms with Crippen molar-refractivity contribution < 1.29 is 28.6 Å². The van der Waals surface area contributed by atoms with E-state index in [1.54, 1.807) is 18.2 Å². The molecule has 4 rings (SSSR count). The second-order valence-corrected chi connectivity index (χ2v) is 9.22. The Balaban J connectivity index is 1.77. The summed E-state index contributed by atoms with van der Waals surface area (Å²) in [6.07, 6.45) is 0. The van der Waals surface area contributed by atoms with E-state index in [1.807, 2.05) is 56.3 Å². The van der Waals surface area contributed by atoms with Crippen LogP contribution >= 0.6 is 0 Å². The molecule has 3 aromatic carbocycles. The smallest absolute Gasteiger partial charge is 0.295 e. The van der Waals surface area contributed by atoms with Crippen LogP contribution in [0.4, 0.5) is 4.39 Å². The average molecular weight is 519 g/mol. The molecule has 1 aliphatic heterocycles. The number of carbonyl (C=O) groups excluding carboxylic acids is 2. The minimum atomic E-state index is -0.859. The molecule has 3 aromatic rings. The van der Waals surface area contributed by atoms with Crippen LogP contribution in [0.15, 0.2) is 78.4 Å². The number of ether oxygens (including phenoxy) is 2. The molecule has 0 radical (unpaired) electrons. The first kappa shape index (κ1) is 26.9. The van der Waals surface area contributed by atoms with Crippen LogP contribution < -0.4 is 9.47 Å². The highest BCUT2D eigenvalue weighted by Crippen LogP contribution is 2.42. The number of rotatable bonds is 10. The fraction of sp³-hybridized carbons (Fsp3) is 0.267. The highest BCUT2D eigenvalue weighted by molar-refractivity contribution is 6.46. The minimum Gasteiger partial charge on any atom is -0.507 e. The summed E-state index contributed by atoms with van der Waals surface area (Å²) in [6, 6.07) is 19.2. The van der Waals surface area contributed by atoms with E-state index in [2.05, 4.69) is 0 Å². The molecule has 0 aromatic heterocycles. The van der Waals surface area contributed by atoms with Gasteiger partial charge in [-0.1, -0.05) is 36.4 Å². The summed E-state index contributed by atoms with van der Waals surface area (Å²) in [4.78, 5) is 29.7. The Morgan fingerprint density at radius 3 is 2.34 bits per heavy atom. The van der Waals surface area contributed by atoms with Crippen LogP contribution in [0.25, 0.3) is 5.76 Å². The first-order chi connectivity index (χ1) is 18.3. The number of likely N-dealkylation sites (N-methyl/N-ethyl adjacent to an activating group) is 1. The van der Waals surface area contributed by atoms with Crippen LogP contribution in [-0.2, 0) is 16.2 Å². The SMILES string of the molecule is CCOc1cc(C2/C(=C(\O)c3ccc(F)cc3)C(=O)C(=O)N2CCN(C)C)ccc1OCc1ccccc1. The van der Waals surface area contributed by atoms with Crippen molar-refractivity contribution >= 4 is 17.4 Å². The zero-order valence-corrected chi connectivity index (χ0v) is 21.7. The van der Waals surface area contributed by atoms with E-state index in [1.165, 1.54) is 29.2 Å². The quantitative estimate of drug-likeness (QED) is 0.236. The third kappa shape index (κ3) is 5.86. The third-order valence-electron chi connectivity index (χ3n) is 6.27. The maximum atomic E-state index is 13.5. The molecule has 1 saturated heterocycles. The number of likely N-dealkylation sites (tertiary alicyclic amines) is 1. The molecule has 198 valence electrons. The first-order valence-electron chi connectivity index (χ1n) is 12.4. The predicted molar refractivity (Wildman–Crippen MR) is 142 cm³/mol. The van der Waals surface area contributed by atoms with Gasteiger partial charge in [-0.15, -0.1) is 0 Å². The summed E-state index contributed by atoms with van der Waals surface area (Å²) in [5.74, 6) is -1.36. The standard InChI is InChI=1S/C30H31FN2O5/c1-4-37-25-18-22(12-15-24(25)38-19-20-8-6-5-7-9-20)27-26(28(34)21-10-13-23(31)14-11-21)29(35)30(36)33(27)17-16-32(2)3/h5-15,18,27,34H,4,16-17,19H2,1-3H3/b28-26+. The number of hydrogen-bond acceptors (Lipinski definition) is 6. The van der Waals surface area contributed by atoms with Gasteiger partial charge in [0, 0.05) is 18.7 Å². The van der Waals surface area contributed by atoms with Crippen molar-refractivity contribution in [2.45, 2.75) is 19.6 Å². The lowest BCUT2D eigenvalue weighted by molar-refractivity contribution is -0.140. The monoisotopic (exact) mass is 518 g/mol. The van der Waals surface area contributed by atoms with Gasteiger partial charge in [-0.3, -0.25) is 9.59 Å². The topological polar surface area (TPSA) is 79.3 Å². The molecule has 1 heterocycles. The number of Topliss-reactive ketones (excluding diaryl/α,β-unsaturated/α-hetero) is 1. The van der Waals surface area contributed by atoms with Crippen molar-refractivity contribution in [3.63, 3.8) is 0 Å². The molecule has 1 N–H and O–H groups in total. The maximum Gasteiger partial charge on any atom is 0.295 e. The third-order valence-corrected chi connectivity index (χ3v) is 6.27.